The highest BCUT2D eigenvalue weighted by atomic mass is 127. The van der Waals surface area contributed by atoms with Crippen molar-refractivity contribution in [1.29, 1.82) is 0 Å². The van der Waals surface area contributed by atoms with Crippen LogP contribution in [0.5, 0.6) is 5.75 Å². The van der Waals surface area contributed by atoms with Crippen LogP contribution in [0.25, 0.3) is 0 Å². The van der Waals surface area contributed by atoms with Crippen LogP contribution in [0.1, 0.15) is 18.4 Å². The predicted octanol–water partition coefficient (Wildman–Crippen LogP) is 3.08. The number of alkyl halides is 2. The summed E-state index contributed by atoms with van der Waals surface area (Å²) in [5.41, 5.74) is 0.688. The molecule has 1 aromatic rings. The van der Waals surface area contributed by atoms with E-state index in [2.05, 4.69) is 19.9 Å². The fourth-order valence-electron chi connectivity index (χ4n) is 2.30. The summed E-state index contributed by atoms with van der Waals surface area (Å²) in [5, 5.41) is 3.19. The van der Waals surface area contributed by atoms with Crippen LogP contribution in [0, 0.1) is 0 Å². The van der Waals surface area contributed by atoms with E-state index in [4.69, 9.17) is 0 Å². The topological polar surface area (TPSA) is 36.9 Å². The number of halogens is 3. The van der Waals surface area contributed by atoms with Gasteiger partial charge in [0.05, 0.1) is 0 Å². The van der Waals surface area contributed by atoms with E-state index in [-0.39, 0.29) is 29.7 Å². The van der Waals surface area contributed by atoms with E-state index in [9.17, 15) is 8.78 Å². The minimum absolute atomic E-state index is 0. The van der Waals surface area contributed by atoms with Gasteiger partial charge in [-0.1, -0.05) is 18.2 Å². The van der Waals surface area contributed by atoms with Crippen LogP contribution in [0.4, 0.5) is 8.78 Å². The molecule has 2 rings (SSSR count). The lowest BCUT2D eigenvalue weighted by Crippen LogP contribution is -2.39. The second-order valence-corrected chi connectivity index (χ2v) is 4.58. The van der Waals surface area contributed by atoms with Crippen molar-refractivity contribution in [3.8, 4) is 5.75 Å². The van der Waals surface area contributed by atoms with Gasteiger partial charge < -0.3 is 15.0 Å². The average molecular weight is 411 g/mol. The molecule has 0 amide bonds. The number of benzene rings is 1. The molecule has 0 radical (unpaired) electrons. The molecule has 0 atom stereocenters. The highest BCUT2D eigenvalue weighted by Gasteiger charge is 2.16. The molecule has 0 spiro atoms. The molecule has 0 bridgehead atoms. The molecule has 0 saturated carbocycles. The molecule has 1 N–H and O–H groups in total. The van der Waals surface area contributed by atoms with Crippen LogP contribution in [0.2, 0.25) is 0 Å². The van der Waals surface area contributed by atoms with E-state index in [0.717, 1.165) is 31.9 Å². The van der Waals surface area contributed by atoms with Crippen LogP contribution in [-0.4, -0.2) is 37.6 Å². The number of guanidine groups is 1. The van der Waals surface area contributed by atoms with E-state index in [1.54, 1.807) is 31.3 Å². The molecule has 1 aliphatic rings. The Kier molecular flexibility index (Phi) is 7.69. The summed E-state index contributed by atoms with van der Waals surface area (Å²) in [6.07, 6.45) is 2.32. The van der Waals surface area contributed by atoms with E-state index < -0.39 is 6.61 Å². The fraction of sp³-hybridized carbons (Fsp3) is 0.500. The van der Waals surface area contributed by atoms with Crippen molar-refractivity contribution in [2.45, 2.75) is 26.0 Å². The number of hydrogen-bond donors (Lipinski definition) is 1. The Bertz CT molecular complexity index is 465. The largest absolute Gasteiger partial charge is 0.434 e. The summed E-state index contributed by atoms with van der Waals surface area (Å²) in [7, 11) is 1.72. The zero-order valence-electron chi connectivity index (χ0n) is 11.9. The lowest BCUT2D eigenvalue weighted by molar-refractivity contribution is -0.0504. The molecular weight excluding hydrogens is 391 g/mol. The molecule has 118 valence electrons. The maximum absolute atomic E-state index is 12.3. The molecule has 1 fully saturated rings. The molecular formula is C14H20F2IN3O. The Hall–Kier alpha value is -1.12. The first-order valence-electron chi connectivity index (χ1n) is 6.69. The normalized spacial score (nSPS) is 15.0. The molecule has 1 aliphatic heterocycles. The van der Waals surface area contributed by atoms with E-state index in [1.165, 1.54) is 0 Å². The smallest absolute Gasteiger partial charge is 0.387 e. The number of ether oxygens (including phenoxy) is 1. The van der Waals surface area contributed by atoms with Crippen molar-refractivity contribution in [3.05, 3.63) is 29.8 Å². The molecule has 1 aromatic carbocycles. The van der Waals surface area contributed by atoms with Gasteiger partial charge in [0.1, 0.15) is 5.75 Å². The van der Waals surface area contributed by atoms with Crippen LogP contribution in [-0.2, 0) is 6.54 Å². The molecule has 1 heterocycles. The first-order chi connectivity index (χ1) is 9.70. The summed E-state index contributed by atoms with van der Waals surface area (Å²) in [4.78, 5) is 6.38. The monoisotopic (exact) mass is 411 g/mol. The third kappa shape index (κ3) is 5.29. The lowest BCUT2D eigenvalue weighted by atomic mass is 10.2. The summed E-state index contributed by atoms with van der Waals surface area (Å²) < 4.78 is 29.2. The number of hydrogen-bond acceptors (Lipinski definition) is 2. The summed E-state index contributed by atoms with van der Waals surface area (Å²) in [6.45, 7) is -0.440. The highest BCUT2D eigenvalue weighted by Crippen LogP contribution is 2.20. The van der Waals surface area contributed by atoms with Crippen LogP contribution < -0.4 is 10.1 Å². The summed E-state index contributed by atoms with van der Waals surface area (Å²) in [5.74, 6) is 1.00. The molecule has 0 aromatic heterocycles. The number of likely N-dealkylation sites (tertiary alicyclic amines) is 1. The number of aliphatic imine (C=N–C) groups is 1. The molecule has 4 nitrogen and oxygen atoms in total. The minimum Gasteiger partial charge on any atom is -0.434 e. The Balaban J connectivity index is 0.00000220. The van der Waals surface area contributed by atoms with Gasteiger partial charge in [-0.2, -0.15) is 8.78 Å². The van der Waals surface area contributed by atoms with Crippen molar-refractivity contribution in [2.75, 3.05) is 20.1 Å². The predicted molar refractivity (Wildman–Crippen MR) is 89.5 cm³/mol. The van der Waals surface area contributed by atoms with Crippen LogP contribution >= 0.6 is 24.0 Å². The van der Waals surface area contributed by atoms with Gasteiger partial charge in [0.2, 0.25) is 0 Å². The van der Waals surface area contributed by atoms with Gasteiger partial charge in [0.15, 0.2) is 5.96 Å². The Labute approximate surface area is 140 Å². The standard InChI is InChI=1S/C14H19F2N3O.HI/c1-17-14(19-8-4-5-9-19)18-10-11-6-2-3-7-12(11)20-13(15)16;/h2-3,6-7,13H,4-5,8-10H2,1H3,(H,17,18);1H. The second kappa shape index (κ2) is 9.01. The fourth-order valence-corrected chi connectivity index (χ4v) is 2.30. The van der Waals surface area contributed by atoms with E-state index in [0.29, 0.717) is 12.1 Å². The maximum Gasteiger partial charge on any atom is 0.387 e. The van der Waals surface area contributed by atoms with Gasteiger partial charge in [-0.15, -0.1) is 24.0 Å². The number of nitrogens with one attached hydrogen (secondary N) is 1. The van der Waals surface area contributed by atoms with Crippen LogP contribution in [0.15, 0.2) is 29.3 Å². The first-order valence-corrected chi connectivity index (χ1v) is 6.69. The van der Waals surface area contributed by atoms with Crippen molar-refractivity contribution in [1.82, 2.24) is 10.2 Å². The minimum atomic E-state index is -2.81. The van der Waals surface area contributed by atoms with Gasteiger partial charge >= 0.3 is 6.61 Å². The van der Waals surface area contributed by atoms with E-state index in [1.807, 2.05) is 0 Å². The zero-order chi connectivity index (χ0) is 14.4. The maximum atomic E-state index is 12.3. The number of nitrogens with zero attached hydrogens (tertiary/aromatic N) is 2. The Morgan fingerprint density at radius 2 is 2.00 bits per heavy atom. The molecule has 0 unspecified atom stereocenters. The van der Waals surface area contributed by atoms with Gasteiger partial charge in [-0.05, 0) is 18.9 Å². The van der Waals surface area contributed by atoms with E-state index >= 15 is 0 Å². The average Bonchev–Trinajstić information content (AvgIpc) is 2.95. The van der Waals surface area contributed by atoms with Crippen molar-refractivity contribution < 1.29 is 13.5 Å². The summed E-state index contributed by atoms with van der Waals surface area (Å²) >= 11 is 0. The summed E-state index contributed by atoms with van der Waals surface area (Å²) in [6, 6.07) is 6.79. The lowest BCUT2D eigenvalue weighted by Gasteiger charge is -2.21. The molecule has 7 heteroatoms. The van der Waals surface area contributed by atoms with Crippen molar-refractivity contribution >= 4 is 29.9 Å². The molecule has 1 saturated heterocycles. The third-order valence-electron chi connectivity index (χ3n) is 3.24. The quantitative estimate of drug-likeness (QED) is 0.470. The number of rotatable bonds is 4. The van der Waals surface area contributed by atoms with Crippen molar-refractivity contribution in [2.24, 2.45) is 4.99 Å². The SMILES string of the molecule is CN=C(NCc1ccccc1OC(F)F)N1CCCC1.I. The van der Waals surface area contributed by atoms with Gasteiger partial charge in [0, 0.05) is 32.2 Å². The van der Waals surface area contributed by atoms with Crippen LogP contribution in [0.3, 0.4) is 0 Å². The van der Waals surface area contributed by atoms with Gasteiger partial charge in [0.25, 0.3) is 0 Å². The highest BCUT2D eigenvalue weighted by molar-refractivity contribution is 14.0. The number of para-hydroxylation sites is 1. The zero-order valence-corrected chi connectivity index (χ0v) is 14.2. The molecule has 0 aliphatic carbocycles. The first kappa shape index (κ1) is 17.9. The van der Waals surface area contributed by atoms with Gasteiger partial charge in [-0.3, -0.25) is 4.99 Å². The Morgan fingerprint density at radius 3 is 2.62 bits per heavy atom. The van der Waals surface area contributed by atoms with Crippen molar-refractivity contribution in [3.63, 3.8) is 0 Å². The Morgan fingerprint density at radius 1 is 1.33 bits per heavy atom. The third-order valence-corrected chi connectivity index (χ3v) is 3.24. The molecule has 21 heavy (non-hydrogen) atoms. The second-order valence-electron chi connectivity index (χ2n) is 4.58. The van der Waals surface area contributed by atoms with Gasteiger partial charge in [-0.25, -0.2) is 0 Å².